The van der Waals surface area contributed by atoms with Gasteiger partial charge in [-0.15, -0.1) is 0 Å². The first-order valence-corrected chi connectivity index (χ1v) is 11.2. The molecule has 1 atom stereocenters. The van der Waals surface area contributed by atoms with Gasteiger partial charge in [0.2, 0.25) is 0 Å². The normalized spacial score (nSPS) is 21.3. The lowest BCUT2D eigenvalue weighted by Gasteiger charge is -2.39. The lowest BCUT2D eigenvalue weighted by atomic mass is 9.74. The third kappa shape index (κ3) is 4.72. The van der Waals surface area contributed by atoms with E-state index in [-0.39, 0.29) is 17.3 Å². The molecule has 0 saturated carbocycles. The number of phenolic OH excluding ortho intramolecular Hbond substituents is 1. The second-order valence-electron chi connectivity index (χ2n) is 10.1. The molecule has 1 aliphatic carbocycles. The van der Waals surface area contributed by atoms with Crippen molar-refractivity contribution in [3.8, 4) is 5.75 Å². The van der Waals surface area contributed by atoms with Crippen LogP contribution in [-0.4, -0.2) is 49.8 Å². The molecule has 1 N–H and O–H groups in total. The van der Waals surface area contributed by atoms with E-state index >= 15 is 0 Å². The van der Waals surface area contributed by atoms with Gasteiger partial charge in [-0.1, -0.05) is 10.5 Å². The van der Waals surface area contributed by atoms with Crippen molar-refractivity contribution >= 4 is 23.2 Å². The van der Waals surface area contributed by atoms with Crippen LogP contribution in [0.5, 0.6) is 5.75 Å². The van der Waals surface area contributed by atoms with E-state index in [9.17, 15) is 14.5 Å². The molecule has 1 aromatic carbocycles. The van der Waals surface area contributed by atoms with Crippen molar-refractivity contribution in [2.45, 2.75) is 71.2 Å². The average molecular weight is 421 g/mol. The maximum absolute atomic E-state index is 12.8. The zero-order valence-electron chi connectivity index (χ0n) is 18.2. The summed E-state index contributed by atoms with van der Waals surface area (Å²) in [5.41, 5.74) is 2.01. The molecule has 1 saturated heterocycles. The molecule has 1 fully saturated rings. The van der Waals surface area contributed by atoms with Gasteiger partial charge < -0.3 is 19.3 Å². The van der Waals surface area contributed by atoms with Crippen LogP contribution in [-0.2, 0) is 22.5 Å². The summed E-state index contributed by atoms with van der Waals surface area (Å²) in [4.78, 5) is 14.2. The highest BCUT2D eigenvalue weighted by atomic mass is 32.2. The Kier molecular flexibility index (Phi) is 5.69. The first-order valence-electron chi connectivity index (χ1n) is 10.1. The predicted molar refractivity (Wildman–Crippen MR) is 116 cm³/mol. The van der Waals surface area contributed by atoms with Gasteiger partial charge in [0.25, 0.3) is 0 Å². The van der Waals surface area contributed by atoms with Gasteiger partial charge >= 0.3 is 6.09 Å². The topological polar surface area (TPSA) is 85.2 Å². The van der Waals surface area contributed by atoms with Crippen molar-refractivity contribution in [1.29, 1.82) is 0 Å². The van der Waals surface area contributed by atoms with E-state index in [0.29, 0.717) is 13.1 Å². The quantitative estimate of drug-likeness (QED) is 0.690. The van der Waals surface area contributed by atoms with Crippen LogP contribution in [0.15, 0.2) is 22.6 Å². The SMILES string of the molecule is CC(C)(C)OC(=O)N1CCC2(CC1)Cc1ccc(O)cc1C2=N[S+]([O-])C(C)(C)C. The number of carbonyl (C=O) groups excluding carboxylic acids is 1. The van der Waals surface area contributed by atoms with E-state index in [1.165, 1.54) is 0 Å². The zero-order valence-corrected chi connectivity index (χ0v) is 19.1. The minimum Gasteiger partial charge on any atom is -0.591 e. The number of carbonyl (C=O) groups is 1. The van der Waals surface area contributed by atoms with Crippen LogP contribution in [0.1, 0.15) is 65.5 Å². The maximum Gasteiger partial charge on any atom is 0.410 e. The minimum atomic E-state index is -1.40. The Morgan fingerprint density at radius 2 is 1.83 bits per heavy atom. The summed E-state index contributed by atoms with van der Waals surface area (Å²) >= 11 is -1.40. The average Bonchev–Trinajstić information content (AvgIpc) is 2.86. The molecule has 0 bridgehead atoms. The van der Waals surface area contributed by atoms with Gasteiger partial charge in [-0.3, -0.25) is 0 Å². The molecular weight excluding hydrogens is 388 g/mol. The van der Waals surface area contributed by atoms with Gasteiger partial charge in [0.1, 0.15) is 33.2 Å². The van der Waals surface area contributed by atoms with E-state index < -0.39 is 21.7 Å². The van der Waals surface area contributed by atoms with Crippen molar-refractivity contribution in [3.05, 3.63) is 29.3 Å². The van der Waals surface area contributed by atoms with E-state index in [1.807, 2.05) is 47.6 Å². The Bertz CT molecular complexity index is 815. The second-order valence-corrected chi connectivity index (χ2v) is 12.0. The van der Waals surface area contributed by atoms with Crippen molar-refractivity contribution in [3.63, 3.8) is 0 Å². The molecule has 1 unspecified atom stereocenters. The van der Waals surface area contributed by atoms with Crippen LogP contribution in [0.4, 0.5) is 4.79 Å². The van der Waals surface area contributed by atoms with Crippen molar-refractivity contribution in [2.75, 3.05) is 13.1 Å². The van der Waals surface area contributed by atoms with Crippen LogP contribution in [0.3, 0.4) is 0 Å². The van der Waals surface area contributed by atoms with E-state index in [2.05, 4.69) is 4.40 Å². The summed E-state index contributed by atoms with van der Waals surface area (Å²) in [5, 5.41) is 10.0. The number of aromatic hydroxyl groups is 1. The van der Waals surface area contributed by atoms with Crippen molar-refractivity contribution < 1.29 is 19.2 Å². The Morgan fingerprint density at radius 1 is 1.21 bits per heavy atom. The summed E-state index contributed by atoms with van der Waals surface area (Å²) in [6, 6.07) is 5.34. The van der Waals surface area contributed by atoms with Gasteiger partial charge in [0.05, 0.1) is 0 Å². The lowest BCUT2D eigenvalue weighted by Crippen LogP contribution is -2.47. The highest BCUT2D eigenvalue weighted by Gasteiger charge is 2.48. The van der Waals surface area contributed by atoms with Crippen LogP contribution in [0, 0.1) is 5.41 Å². The summed E-state index contributed by atoms with van der Waals surface area (Å²) in [6.45, 7) is 12.4. The van der Waals surface area contributed by atoms with Crippen LogP contribution < -0.4 is 0 Å². The molecule has 6 nitrogen and oxygen atoms in total. The number of ether oxygens (including phenoxy) is 1. The molecule has 29 heavy (non-hydrogen) atoms. The number of benzene rings is 1. The molecule has 2 aliphatic rings. The van der Waals surface area contributed by atoms with Crippen molar-refractivity contribution in [2.24, 2.45) is 9.81 Å². The monoisotopic (exact) mass is 420 g/mol. The third-order valence-corrected chi connectivity index (χ3v) is 6.85. The summed E-state index contributed by atoms with van der Waals surface area (Å²) in [7, 11) is 0. The van der Waals surface area contributed by atoms with E-state index in [0.717, 1.165) is 36.1 Å². The molecule has 1 heterocycles. The Balaban J connectivity index is 1.88. The number of amides is 1. The number of piperidine rings is 1. The highest BCUT2D eigenvalue weighted by molar-refractivity contribution is 7.91. The number of nitrogens with zero attached hydrogens (tertiary/aromatic N) is 2. The molecule has 0 aromatic heterocycles. The van der Waals surface area contributed by atoms with Gasteiger partial charge in [-0.2, -0.15) is 0 Å². The molecule has 1 aliphatic heterocycles. The zero-order chi connectivity index (χ0) is 21.6. The number of hydrogen-bond acceptors (Lipinski definition) is 5. The van der Waals surface area contributed by atoms with E-state index in [4.69, 9.17) is 4.74 Å². The fraction of sp³-hybridized carbons (Fsp3) is 0.636. The van der Waals surface area contributed by atoms with Gasteiger partial charge in [0, 0.05) is 24.1 Å². The molecule has 160 valence electrons. The van der Waals surface area contributed by atoms with Crippen molar-refractivity contribution in [1.82, 2.24) is 4.90 Å². The molecule has 1 spiro atoms. The molecule has 3 rings (SSSR count). The maximum atomic E-state index is 12.8. The summed E-state index contributed by atoms with van der Waals surface area (Å²) in [5.74, 6) is 0.182. The Labute approximate surface area is 176 Å². The number of phenols is 1. The molecule has 1 amide bonds. The number of likely N-dealkylation sites (tertiary alicyclic amines) is 1. The lowest BCUT2D eigenvalue weighted by molar-refractivity contribution is 0.0159. The molecule has 0 radical (unpaired) electrons. The number of hydrogen-bond donors (Lipinski definition) is 1. The summed E-state index contributed by atoms with van der Waals surface area (Å²) < 4.78 is 22.6. The smallest absolute Gasteiger partial charge is 0.410 e. The second kappa shape index (κ2) is 7.51. The Hall–Kier alpha value is -1.73. The largest absolute Gasteiger partial charge is 0.591 e. The first-order chi connectivity index (χ1) is 13.3. The van der Waals surface area contributed by atoms with E-state index in [1.54, 1.807) is 17.0 Å². The predicted octanol–water partition coefficient (Wildman–Crippen LogP) is 4.22. The molecule has 7 heteroatoms. The highest BCUT2D eigenvalue weighted by Crippen LogP contribution is 2.46. The standard InChI is InChI=1S/C22H32N2O4S/c1-20(2,3)28-19(26)24-11-9-22(10-12-24)14-15-7-8-16(25)13-17(15)18(22)23-29(27)21(4,5)6/h7-8,13,25H,9-12,14H2,1-6H3. The third-order valence-electron chi connectivity index (χ3n) is 5.45. The van der Waals surface area contributed by atoms with Gasteiger partial charge in [-0.25, -0.2) is 4.79 Å². The summed E-state index contributed by atoms with van der Waals surface area (Å²) in [6.07, 6.45) is 1.94. The fourth-order valence-corrected chi connectivity index (χ4v) is 4.63. The van der Waals surface area contributed by atoms with Crippen LogP contribution >= 0.6 is 0 Å². The van der Waals surface area contributed by atoms with Crippen LogP contribution in [0.2, 0.25) is 0 Å². The Morgan fingerprint density at radius 3 is 2.38 bits per heavy atom. The molecular formula is C22H32N2O4S. The first kappa shape index (κ1) is 22.0. The fourth-order valence-electron chi connectivity index (χ4n) is 3.90. The van der Waals surface area contributed by atoms with Crippen LogP contribution in [0.25, 0.3) is 0 Å². The van der Waals surface area contributed by atoms with Gasteiger partial charge in [0.15, 0.2) is 0 Å². The number of fused-ring (bicyclic) bond motifs is 1. The minimum absolute atomic E-state index is 0.182. The molecule has 1 aromatic rings. The van der Waals surface area contributed by atoms with Gasteiger partial charge in [-0.05, 0) is 78.5 Å². The number of rotatable bonds is 1.